The molecule has 0 saturated carbocycles. The van der Waals surface area contributed by atoms with Crippen molar-refractivity contribution in [3.8, 4) is 0 Å². The number of ether oxygens (including phenoxy) is 2. The summed E-state index contributed by atoms with van der Waals surface area (Å²) in [5, 5.41) is 5.44. The Morgan fingerprint density at radius 2 is 1.68 bits per heavy atom. The summed E-state index contributed by atoms with van der Waals surface area (Å²) in [6.07, 6.45) is 1.54. The Hall–Kier alpha value is -3.92. The number of methoxy groups -OCH3 is 1. The van der Waals surface area contributed by atoms with Gasteiger partial charge in [-0.05, 0) is 43.2 Å². The molecule has 2 aromatic carbocycles. The molecule has 0 aromatic heterocycles. The fourth-order valence-electron chi connectivity index (χ4n) is 4.38. The molecule has 1 aliphatic heterocycles. The predicted octanol–water partition coefficient (Wildman–Crippen LogP) is 1.91. The first kappa shape index (κ1) is 28.6. The molecule has 2 aromatic rings. The summed E-state index contributed by atoms with van der Waals surface area (Å²) in [6.45, 7) is 0.780. The standard InChI is InChI=1S/C28H36N4O6/c1-37-27(35)24-15-9-17-32(24)26(34)23(31-25(33)22(29)18-20-10-4-2-5-11-20)14-8-16-30-28(36)38-19-21-12-6-3-7-13-21/h2-7,10-13,22-24H,8-9,14-19,29H2,1H3,(H,30,36)(H,31,33)/t22-,23-,24-/m0/s1. The zero-order chi connectivity index (χ0) is 27.3. The van der Waals surface area contributed by atoms with Gasteiger partial charge in [-0.3, -0.25) is 9.59 Å². The van der Waals surface area contributed by atoms with Gasteiger partial charge in [0.15, 0.2) is 0 Å². The van der Waals surface area contributed by atoms with Crippen molar-refractivity contribution in [2.24, 2.45) is 5.73 Å². The highest BCUT2D eigenvalue weighted by Crippen LogP contribution is 2.20. The number of benzene rings is 2. The topological polar surface area (TPSA) is 140 Å². The van der Waals surface area contributed by atoms with Gasteiger partial charge in [-0.1, -0.05) is 60.7 Å². The molecule has 3 amide bonds. The van der Waals surface area contributed by atoms with Gasteiger partial charge in [-0.15, -0.1) is 0 Å². The van der Waals surface area contributed by atoms with Gasteiger partial charge in [0.2, 0.25) is 11.8 Å². The molecular weight excluding hydrogens is 488 g/mol. The van der Waals surface area contributed by atoms with Crippen LogP contribution in [0.2, 0.25) is 0 Å². The molecule has 10 heteroatoms. The van der Waals surface area contributed by atoms with Crippen LogP contribution in [0, 0.1) is 0 Å². The van der Waals surface area contributed by atoms with Crippen molar-refractivity contribution in [3.63, 3.8) is 0 Å². The second-order valence-corrected chi connectivity index (χ2v) is 9.20. The molecule has 0 unspecified atom stereocenters. The van der Waals surface area contributed by atoms with E-state index in [2.05, 4.69) is 10.6 Å². The number of hydrogen-bond acceptors (Lipinski definition) is 7. The van der Waals surface area contributed by atoms with E-state index >= 15 is 0 Å². The van der Waals surface area contributed by atoms with Crippen LogP contribution in [0.4, 0.5) is 4.79 Å². The van der Waals surface area contributed by atoms with Crippen molar-refractivity contribution >= 4 is 23.9 Å². The number of carbonyl (C=O) groups is 4. The summed E-state index contributed by atoms with van der Waals surface area (Å²) in [5.41, 5.74) is 7.91. The van der Waals surface area contributed by atoms with E-state index in [1.165, 1.54) is 12.0 Å². The van der Waals surface area contributed by atoms with E-state index in [1.807, 2.05) is 60.7 Å². The maximum Gasteiger partial charge on any atom is 0.407 e. The Bertz CT molecular complexity index is 1070. The van der Waals surface area contributed by atoms with E-state index in [1.54, 1.807) is 0 Å². The molecule has 1 fully saturated rings. The van der Waals surface area contributed by atoms with Crippen LogP contribution in [-0.2, 0) is 36.9 Å². The highest BCUT2D eigenvalue weighted by Gasteiger charge is 2.38. The molecule has 3 rings (SSSR count). The van der Waals surface area contributed by atoms with Gasteiger partial charge in [-0.2, -0.15) is 0 Å². The Morgan fingerprint density at radius 3 is 2.34 bits per heavy atom. The van der Waals surface area contributed by atoms with Crippen LogP contribution in [0.3, 0.4) is 0 Å². The second kappa shape index (κ2) is 14.7. The van der Waals surface area contributed by atoms with Crippen molar-refractivity contribution in [2.75, 3.05) is 20.2 Å². The van der Waals surface area contributed by atoms with Crippen LogP contribution in [-0.4, -0.2) is 67.1 Å². The molecule has 4 N–H and O–H groups in total. The quantitative estimate of drug-likeness (QED) is 0.285. The van der Waals surface area contributed by atoms with Crippen LogP contribution >= 0.6 is 0 Å². The molecule has 10 nitrogen and oxygen atoms in total. The fourth-order valence-corrected chi connectivity index (χ4v) is 4.38. The van der Waals surface area contributed by atoms with E-state index < -0.39 is 36.1 Å². The highest BCUT2D eigenvalue weighted by atomic mass is 16.5. The molecule has 1 heterocycles. The molecule has 0 aliphatic carbocycles. The third-order valence-corrected chi connectivity index (χ3v) is 6.41. The summed E-state index contributed by atoms with van der Waals surface area (Å²) in [4.78, 5) is 52.1. The fraction of sp³-hybridized carbons (Fsp3) is 0.429. The molecule has 1 saturated heterocycles. The average molecular weight is 525 g/mol. The maximum absolute atomic E-state index is 13.4. The summed E-state index contributed by atoms with van der Waals surface area (Å²) in [5.74, 6) is -1.31. The summed E-state index contributed by atoms with van der Waals surface area (Å²) < 4.78 is 10.1. The van der Waals surface area contributed by atoms with E-state index in [0.717, 1.165) is 11.1 Å². The van der Waals surface area contributed by atoms with Gasteiger partial charge < -0.3 is 30.7 Å². The second-order valence-electron chi connectivity index (χ2n) is 9.20. The average Bonchev–Trinajstić information content (AvgIpc) is 3.44. The molecule has 0 radical (unpaired) electrons. The number of nitrogens with one attached hydrogen (secondary N) is 2. The normalized spacial score (nSPS) is 16.3. The van der Waals surface area contributed by atoms with Crippen LogP contribution in [0.25, 0.3) is 0 Å². The number of rotatable bonds is 12. The zero-order valence-electron chi connectivity index (χ0n) is 21.6. The Morgan fingerprint density at radius 1 is 1.03 bits per heavy atom. The number of alkyl carbamates (subject to hydrolysis) is 1. The summed E-state index contributed by atoms with van der Waals surface area (Å²) in [7, 11) is 1.29. The Balaban J connectivity index is 1.56. The lowest BCUT2D eigenvalue weighted by Gasteiger charge is -2.28. The minimum Gasteiger partial charge on any atom is -0.467 e. The van der Waals surface area contributed by atoms with Gasteiger partial charge in [0.1, 0.15) is 18.7 Å². The molecular formula is C28H36N4O6. The van der Waals surface area contributed by atoms with Gasteiger partial charge >= 0.3 is 12.1 Å². The van der Waals surface area contributed by atoms with Crippen molar-refractivity contribution in [2.45, 2.75) is 56.8 Å². The van der Waals surface area contributed by atoms with Gasteiger partial charge in [0.05, 0.1) is 13.2 Å². The molecule has 0 spiro atoms. The van der Waals surface area contributed by atoms with Gasteiger partial charge in [-0.25, -0.2) is 9.59 Å². The summed E-state index contributed by atoms with van der Waals surface area (Å²) >= 11 is 0. The number of carbonyl (C=O) groups excluding carboxylic acids is 4. The van der Waals surface area contributed by atoms with Crippen LogP contribution in [0.15, 0.2) is 60.7 Å². The lowest BCUT2D eigenvalue weighted by Crippen LogP contribution is -2.55. The van der Waals surface area contributed by atoms with E-state index in [4.69, 9.17) is 15.2 Å². The molecule has 3 atom stereocenters. The Labute approximate surface area is 222 Å². The first-order valence-electron chi connectivity index (χ1n) is 12.8. The largest absolute Gasteiger partial charge is 0.467 e. The van der Waals surface area contributed by atoms with E-state index in [9.17, 15) is 19.2 Å². The third kappa shape index (κ3) is 8.58. The number of likely N-dealkylation sites (tertiary alicyclic amines) is 1. The van der Waals surface area contributed by atoms with Crippen LogP contribution in [0.1, 0.15) is 36.8 Å². The first-order valence-corrected chi connectivity index (χ1v) is 12.8. The van der Waals surface area contributed by atoms with Crippen molar-refractivity contribution in [1.82, 2.24) is 15.5 Å². The number of hydrogen-bond donors (Lipinski definition) is 3. The highest BCUT2D eigenvalue weighted by molar-refractivity contribution is 5.92. The van der Waals surface area contributed by atoms with E-state index in [0.29, 0.717) is 32.2 Å². The molecule has 0 bridgehead atoms. The number of nitrogens with zero attached hydrogens (tertiary/aromatic N) is 1. The lowest BCUT2D eigenvalue weighted by molar-refractivity contribution is -0.152. The minimum absolute atomic E-state index is 0.146. The Kier molecular flexibility index (Phi) is 11.1. The van der Waals surface area contributed by atoms with Crippen molar-refractivity contribution in [3.05, 3.63) is 71.8 Å². The smallest absolute Gasteiger partial charge is 0.407 e. The van der Waals surface area contributed by atoms with Gasteiger partial charge in [0.25, 0.3) is 0 Å². The third-order valence-electron chi connectivity index (χ3n) is 6.41. The van der Waals surface area contributed by atoms with Crippen molar-refractivity contribution in [1.29, 1.82) is 0 Å². The van der Waals surface area contributed by atoms with Crippen LogP contribution in [0.5, 0.6) is 0 Å². The SMILES string of the molecule is COC(=O)[C@@H]1CCCN1C(=O)[C@H](CCCNC(=O)OCc1ccccc1)NC(=O)[C@@H](N)Cc1ccccc1. The lowest BCUT2D eigenvalue weighted by atomic mass is 10.0. The van der Waals surface area contributed by atoms with Gasteiger partial charge in [0, 0.05) is 13.1 Å². The predicted molar refractivity (Wildman–Crippen MR) is 141 cm³/mol. The number of amides is 3. The summed E-state index contributed by atoms with van der Waals surface area (Å²) in [6, 6.07) is 16.2. The first-order chi connectivity index (χ1) is 18.4. The van der Waals surface area contributed by atoms with Crippen LogP contribution < -0.4 is 16.4 Å². The monoisotopic (exact) mass is 524 g/mol. The van der Waals surface area contributed by atoms with E-state index in [-0.39, 0.29) is 25.5 Å². The maximum atomic E-state index is 13.4. The molecule has 1 aliphatic rings. The molecule has 204 valence electrons. The van der Waals surface area contributed by atoms with Crippen molar-refractivity contribution < 1.29 is 28.7 Å². The minimum atomic E-state index is -0.906. The molecule has 38 heavy (non-hydrogen) atoms. The zero-order valence-corrected chi connectivity index (χ0v) is 21.6. The number of esters is 1. The number of nitrogens with two attached hydrogens (primary N) is 1.